The molecule has 0 bridgehead atoms. The summed E-state index contributed by atoms with van der Waals surface area (Å²) in [7, 11) is 0. The maximum Gasteiger partial charge on any atom is 0.219 e. The lowest BCUT2D eigenvalue weighted by atomic mass is 10.0. The van der Waals surface area contributed by atoms with Crippen molar-refractivity contribution in [3.63, 3.8) is 0 Å². The van der Waals surface area contributed by atoms with Crippen LogP contribution in [0.15, 0.2) is 30.3 Å². The number of benzene rings is 1. The topological polar surface area (TPSA) is 46.2 Å². The van der Waals surface area contributed by atoms with Gasteiger partial charge >= 0.3 is 0 Å². The van der Waals surface area contributed by atoms with Gasteiger partial charge in [-0.25, -0.2) is 0 Å². The van der Waals surface area contributed by atoms with E-state index in [1.54, 1.807) is 0 Å². The average Bonchev–Trinajstić information content (AvgIpc) is 2.61. The van der Waals surface area contributed by atoms with E-state index in [-0.39, 0.29) is 11.7 Å². The van der Waals surface area contributed by atoms with Crippen LogP contribution in [-0.2, 0) is 4.79 Å². The second-order valence-corrected chi connectivity index (χ2v) is 6.47. The first-order valence-electron chi connectivity index (χ1n) is 9.59. The van der Waals surface area contributed by atoms with Gasteiger partial charge in [-0.05, 0) is 19.3 Å². The Labute approximate surface area is 147 Å². The lowest BCUT2D eigenvalue weighted by Crippen LogP contribution is -2.23. The minimum absolute atomic E-state index is 0.172. The summed E-state index contributed by atoms with van der Waals surface area (Å²) in [5, 5.41) is 2.98. The SMILES string of the molecule is CCCCCCCCC(=O)NCCCCCC(=O)c1ccccc1. The molecular weight excluding hydrogens is 298 g/mol. The van der Waals surface area contributed by atoms with E-state index in [0.29, 0.717) is 12.8 Å². The first-order chi connectivity index (χ1) is 11.7. The Morgan fingerprint density at radius 2 is 1.42 bits per heavy atom. The van der Waals surface area contributed by atoms with E-state index in [1.165, 1.54) is 25.7 Å². The number of amides is 1. The van der Waals surface area contributed by atoms with Crippen LogP contribution in [0.5, 0.6) is 0 Å². The average molecular weight is 332 g/mol. The number of ketones is 1. The van der Waals surface area contributed by atoms with Crippen LogP contribution in [-0.4, -0.2) is 18.2 Å². The number of carbonyl (C=O) groups excluding carboxylic acids is 2. The second-order valence-electron chi connectivity index (χ2n) is 6.47. The molecule has 3 heteroatoms. The summed E-state index contributed by atoms with van der Waals surface area (Å²) in [4.78, 5) is 23.6. The fourth-order valence-electron chi connectivity index (χ4n) is 2.74. The van der Waals surface area contributed by atoms with Crippen LogP contribution in [0, 0.1) is 0 Å². The van der Waals surface area contributed by atoms with Gasteiger partial charge in [0.25, 0.3) is 0 Å². The molecule has 1 aromatic carbocycles. The second kappa shape index (κ2) is 13.8. The molecule has 0 unspecified atom stereocenters. The number of hydrogen-bond donors (Lipinski definition) is 1. The zero-order valence-corrected chi connectivity index (χ0v) is 15.2. The quantitative estimate of drug-likeness (QED) is 0.371. The molecule has 0 aliphatic carbocycles. The predicted octanol–water partition coefficient (Wildman–Crippen LogP) is 5.30. The summed E-state index contributed by atoms with van der Waals surface area (Å²) >= 11 is 0. The van der Waals surface area contributed by atoms with Crippen molar-refractivity contribution in [2.75, 3.05) is 6.54 Å². The van der Waals surface area contributed by atoms with Gasteiger partial charge in [-0.2, -0.15) is 0 Å². The van der Waals surface area contributed by atoms with Crippen molar-refractivity contribution in [1.82, 2.24) is 5.32 Å². The largest absolute Gasteiger partial charge is 0.356 e. The van der Waals surface area contributed by atoms with Gasteiger partial charge in [-0.3, -0.25) is 9.59 Å². The number of carbonyl (C=O) groups is 2. The van der Waals surface area contributed by atoms with Crippen molar-refractivity contribution in [1.29, 1.82) is 0 Å². The third kappa shape index (κ3) is 10.2. The Hall–Kier alpha value is -1.64. The highest BCUT2D eigenvalue weighted by Gasteiger charge is 2.04. The van der Waals surface area contributed by atoms with E-state index in [2.05, 4.69) is 12.2 Å². The summed E-state index contributed by atoms with van der Waals surface area (Å²) < 4.78 is 0. The Kier molecular flexibility index (Phi) is 11.7. The molecule has 0 radical (unpaired) electrons. The molecule has 1 aromatic rings. The zero-order chi connectivity index (χ0) is 17.5. The Bertz CT molecular complexity index is 456. The molecule has 3 nitrogen and oxygen atoms in total. The van der Waals surface area contributed by atoms with Gasteiger partial charge in [0, 0.05) is 24.9 Å². The fraction of sp³-hybridized carbons (Fsp3) is 0.619. The third-order valence-corrected chi connectivity index (χ3v) is 4.26. The fourth-order valence-corrected chi connectivity index (χ4v) is 2.74. The summed E-state index contributed by atoms with van der Waals surface area (Å²) in [6.07, 6.45) is 11.3. The highest BCUT2D eigenvalue weighted by molar-refractivity contribution is 5.95. The number of rotatable bonds is 14. The van der Waals surface area contributed by atoms with Gasteiger partial charge in [0.1, 0.15) is 0 Å². The van der Waals surface area contributed by atoms with E-state index in [4.69, 9.17) is 0 Å². The molecule has 0 heterocycles. The first kappa shape index (κ1) is 20.4. The van der Waals surface area contributed by atoms with Gasteiger partial charge in [0.2, 0.25) is 5.91 Å². The molecular formula is C21H33NO2. The molecule has 0 fully saturated rings. The summed E-state index contributed by atoms with van der Waals surface area (Å²) in [6.45, 7) is 2.94. The molecule has 1 amide bonds. The van der Waals surface area contributed by atoms with Crippen LogP contribution < -0.4 is 5.32 Å². The molecule has 0 spiro atoms. The number of Topliss-reactive ketones (excluding diaryl/α,β-unsaturated/α-hetero) is 1. The third-order valence-electron chi connectivity index (χ3n) is 4.26. The number of hydrogen-bond acceptors (Lipinski definition) is 2. The van der Waals surface area contributed by atoms with E-state index in [9.17, 15) is 9.59 Å². The molecule has 0 saturated carbocycles. The van der Waals surface area contributed by atoms with Crippen LogP contribution in [0.1, 0.15) is 87.9 Å². The summed E-state index contributed by atoms with van der Waals surface area (Å²) in [5.41, 5.74) is 0.796. The minimum atomic E-state index is 0.172. The normalized spacial score (nSPS) is 10.5. The molecule has 1 rings (SSSR count). The van der Waals surface area contributed by atoms with Gasteiger partial charge in [-0.1, -0.05) is 75.8 Å². The van der Waals surface area contributed by atoms with E-state index in [1.807, 2.05) is 30.3 Å². The van der Waals surface area contributed by atoms with Crippen LogP contribution in [0.2, 0.25) is 0 Å². The van der Waals surface area contributed by atoms with E-state index < -0.39 is 0 Å². The van der Waals surface area contributed by atoms with Crippen LogP contribution in [0.25, 0.3) is 0 Å². The van der Waals surface area contributed by atoms with Crippen molar-refractivity contribution in [2.24, 2.45) is 0 Å². The standard InChI is InChI=1S/C21H33NO2/c1-2-3-4-5-6-12-17-21(24)22-18-13-8-11-16-20(23)19-14-9-7-10-15-19/h7,9-10,14-15H,2-6,8,11-13,16-18H2,1H3,(H,22,24). The van der Waals surface area contributed by atoms with Gasteiger partial charge in [0.15, 0.2) is 5.78 Å². The smallest absolute Gasteiger partial charge is 0.219 e. The van der Waals surface area contributed by atoms with Crippen molar-refractivity contribution < 1.29 is 9.59 Å². The summed E-state index contributed by atoms with van der Waals surface area (Å²) in [6, 6.07) is 9.44. The van der Waals surface area contributed by atoms with Crippen molar-refractivity contribution >= 4 is 11.7 Å². The van der Waals surface area contributed by atoms with E-state index in [0.717, 1.165) is 44.2 Å². The number of unbranched alkanes of at least 4 members (excludes halogenated alkanes) is 7. The lowest BCUT2D eigenvalue weighted by molar-refractivity contribution is -0.121. The predicted molar refractivity (Wildman–Crippen MR) is 100 cm³/mol. The zero-order valence-electron chi connectivity index (χ0n) is 15.2. The molecule has 0 aliphatic rings. The maximum atomic E-state index is 11.9. The maximum absolute atomic E-state index is 11.9. The molecule has 24 heavy (non-hydrogen) atoms. The molecule has 134 valence electrons. The molecule has 1 N–H and O–H groups in total. The number of nitrogens with one attached hydrogen (secondary N) is 1. The molecule has 0 aromatic heterocycles. The van der Waals surface area contributed by atoms with Crippen LogP contribution >= 0.6 is 0 Å². The first-order valence-corrected chi connectivity index (χ1v) is 9.59. The Morgan fingerprint density at radius 1 is 0.792 bits per heavy atom. The minimum Gasteiger partial charge on any atom is -0.356 e. The monoisotopic (exact) mass is 331 g/mol. The molecule has 0 aliphatic heterocycles. The highest BCUT2D eigenvalue weighted by Crippen LogP contribution is 2.08. The van der Waals surface area contributed by atoms with Gasteiger partial charge in [-0.15, -0.1) is 0 Å². The molecule has 0 atom stereocenters. The summed E-state index contributed by atoms with van der Waals surface area (Å²) in [5.74, 6) is 0.383. The Morgan fingerprint density at radius 3 is 2.17 bits per heavy atom. The van der Waals surface area contributed by atoms with Gasteiger partial charge < -0.3 is 5.32 Å². The Balaban J connectivity index is 1.92. The van der Waals surface area contributed by atoms with Crippen LogP contribution in [0.3, 0.4) is 0 Å². The van der Waals surface area contributed by atoms with Crippen molar-refractivity contribution in [3.8, 4) is 0 Å². The molecule has 0 saturated heterocycles. The van der Waals surface area contributed by atoms with Crippen molar-refractivity contribution in [2.45, 2.75) is 77.6 Å². The van der Waals surface area contributed by atoms with E-state index >= 15 is 0 Å². The van der Waals surface area contributed by atoms with Crippen LogP contribution in [0.4, 0.5) is 0 Å². The lowest BCUT2D eigenvalue weighted by Gasteiger charge is -2.05. The highest BCUT2D eigenvalue weighted by atomic mass is 16.1. The van der Waals surface area contributed by atoms with Gasteiger partial charge in [0.05, 0.1) is 0 Å². The van der Waals surface area contributed by atoms with Crippen molar-refractivity contribution in [3.05, 3.63) is 35.9 Å².